The Labute approximate surface area is 105 Å². The maximum absolute atomic E-state index is 12.3. The molecule has 2 heterocycles. The lowest BCUT2D eigenvalue weighted by Crippen LogP contribution is -2.49. The highest BCUT2D eigenvalue weighted by Gasteiger charge is 2.52. The maximum Gasteiger partial charge on any atom is 0.256 e. The topological polar surface area (TPSA) is 40.5 Å². The van der Waals surface area contributed by atoms with E-state index in [9.17, 15) is 9.90 Å². The Hall–Kier alpha value is -1.00. The summed E-state index contributed by atoms with van der Waals surface area (Å²) < 4.78 is 0. The quantitative estimate of drug-likeness (QED) is 0.762. The lowest BCUT2D eigenvalue weighted by Gasteiger charge is -2.36. The van der Waals surface area contributed by atoms with Gasteiger partial charge >= 0.3 is 0 Å². The Kier molecular flexibility index (Phi) is 2.45. The van der Waals surface area contributed by atoms with Gasteiger partial charge in [0, 0.05) is 17.7 Å². The van der Waals surface area contributed by atoms with Crippen molar-refractivity contribution in [2.45, 2.75) is 24.3 Å². The first-order valence-corrected chi connectivity index (χ1v) is 6.96. The van der Waals surface area contributed by atoms with Gasteiger partial charge in [0.15, 0.2) is 5.72 Å². The van der Waals surface area contributed by atoms with Crippen molar-refractivity contribution in [1.29, 1.82) is 0 Å². The van der Waals surface area contributed by atoms with Gasteiger partial charge in [0.05, 0.1) is 5.25 Å². The van der Waals surface area contributed by atoms with Crippen LogP contribution >= 0.6 is 11.8 Å². The zero-order valence-corrected chi connectivity index (χ0v) is 10.5. The van der Waals surface area contributed by atoms with E-state index in [0.29, 0.717) is 12.1 Å². The largest absolute Gasteiger partial charge is 0.366 e. The molecule has 0 spiro atoms. The first kappa shape index (κ1) is 11.1. The predicted molar refractivity (Wildman–Crippen MR) is 67.9 cm³/mol. The van der Waals surface area contributed by atoms with Crippen LogP contribution in [-0.4, -0.2) is 33.5 Å². The molecule has 3 nitrogen and oxygen atoms in total. The number of nitrogens with zero attached hydrogens (tertiary/aromatic N) is 1. The highest BCUT2D eigenvalue weighted by molar-refractivity contribution is 7.99. The minimum atomic E-state index is -1.12. The van der Waals surface area contributed by atoms with Crippen LogP contribution < -0.4 is 0 Å². The zero-order chi connectivity index (χ0) is 12.0. The van der Waals surface area contributed by atoms with Crippen molar-refractivity contribution < 1.29 is 9.90 Å². The van der Waals surface area contributed by atoms with Gasteiger partial charge in [-0.15, -0.1) is 0 Å². The number of aliphatic hydroxyl groups is 1. The molecule has 17 heavy (non-hydrogen) atoms. The van der Waals surface area contributed by atoms with Gasteiger partial charge in [0.2, 0.25) is 0 Å². The van der Waals surface area contributed by atoms with Crippen molar-refractivity contribution in [3.63, 3.8) is 0 Å². The summed E-state index contributed by atoms with van der Waals surface area (Å²) in [5.41, 5.74) is 0.311. The molecule has 1 saturated heterocycles. The van der Waals surface area contributed by atoms with E-state index in [-0.39, 0.29) is 11.2 Å². The molecule has 1 N–H and O–H groups in total. The van der Waals surface area contributed by atoms with E-state index in [1.54, 1.807) is 16.7 Å². The number of rotatable bonds is 0. The van der Waals surface area contributed by atoms with Crippen LogP contribution in [0.2, 0.25) is 0 Å². The number of amides is 1. The zero-order valence-electron chi connectivity index (χ0n) is 9.72. The second-order valence-corrected chi connectivity index (χ2v) is 6.04. The van der Waals surface area contributed by atoms with Crippen molar-refractivity contribution in [1.82, 2.24) is 4.90 Å². The molecule has 1 aromatic rings. The van der Waals surface area contributed by atoms with Crippen LogP contribution in [0, 0.1) is 0 Å². The maximum atomic E-state index is 12.3. The normalized spacial score (nSPS) is 32.0. The molecule has 3 rings (SSSR count). The van der Waals surface area contributed by atoms with Gasteiger partial charge in [-0.3, -0.25) is 4.79 Å². The van der Waals surface area contributed by atoms with Crippen molar-refractivity contribution in [3.05, 3.63) is 35.4 Å². The molecule has 1 fully saturated rings. The fraction of sp³-hybridized carbons (Fsp3) is 0.462. The summed E-state index contributed by atoms with van der Waals surface area (Å²) in [6, 6.07) is 7.41. The molecule has 2 atom stereocenters. The van der Waals surface area contributed by atoms with Crippen LogP contribution in [0.5, 0.6) is 0 Å². The molecule has 0 aliphatic carbocycles. The Morgan fingerprint density at radius 2 is 2.24 bits per heavy atom. The van der Waals surface area contributed by atoms with Crippen molar-refractivity contribution in [2.24, 2.45) is 0 Å². The average molecular weight is 249 g/mol. The molecule has 0 bridgehead atoms. The molecule has 0 aromatic heterocycles. The number of hydrogen-bond acceptors (Lipinski definition) is 3. The molecule has 0 saturated carbocycles. The van der Waals surface area contributed by atoms with E-state index in [4.69, 9.17) is 0 Å². The minimum absolute atomic E-state index is 0.0117. The van der Waals surface area contributed by atoms with Gasteiger partial charge in [-0.2, -0.15) is 11.8 Å². The predicted octanol–water partition coefficient (Wildman–Crippen LogP) is 1.81. The van der Waals surface area contributed by atoms with Gasteiger partial charge in [0.1, 0.15) is 0 Å². The molecule has 2 aliphatic heterocycles. The molecule has 0 radical (unpaired) electrons. The molecular formula is C13H15NO2S. The molecule has 2 aliphatic rings. The Morgan fingerprint density at radius 1 is 1.47 bits per heavy atom. The van der Waals surface area contributed by atoms with Gasteiger partial charge in [0.25, 0.3) is 5.91 Å². The summed E-state index contributed by atoms with van der Waals surface area (Å²) >= 11 is 1.74. The fourth-order valence-corrected chi connectivity index (χ4v) is 3.88. The van der Waals surface area contributed by atoms with Crippen molar-refractivity contribution >= 4 is 17.7 Å². The van der Waals surface area contributed by atoms with Gasteiger partial charge in [-0.1, -0.05) is 18.2 Å². The fourth-order valence-electron chi connectivity index (χ4n) is 2.75. The minimum Gasteiger partial charge on any atom is -0.366 e. The number of carbonyl (C=O) groups excluding carboxylic acids is 1. The molecule has 0 unspecified atom stereocenters. The van der Waals surface area contributed by atoms with Gasteiger partial charge in [-0.25, -0.2) is 0 Å². The van der Waals surface area contributed by atoms with Crippen molar-refractivity contribution in [2.75, 3.05) is 12.3 Å². The third-order valence-corrected chi connectivity index (χ3v) is 5.02. The van der Waals surface area contributed by atoms with E-state index in [1.807, 2.05) is 31.2 Å². The van der Waals surface area contributed by atoms with E-state index < -0.39 is 5.72 Å². The summed E-state index contributed by atoms with van der Waals surface area (Å²) in [6.45, 7) is 2.64. The molecular weight excluding hydrogens is 234 g/mol. The lowest BCUT2D eigenvalue weighted by atomic mass is 9.98. The average Bonchev–Trinajstić information content (AvgIpc) is 2.47. The van der Waals surface area contributed by atoms with E-state index >= 15 is 0 Å². The Bertz CT molecular complexity index is 476. The molecule has 1 amide bonds. The standard InChI is InChI=1S/C13H15NO2S/c1-9-13(16)11-6-3-2-5-10(11)12(15)14(13)7-4-8-17-9/h2-3,5-6,9,16H,4,7-8H2,1H3/t9-,13-/m0/s1. The number of carbonyl (C=O) groups is 1. The number of hydrogen-bond donors (Lipinski definition) is 1. The van der Waals surface area contributed by atoms with Crippen LogP contribution in [-0.2, 0) is 5.72 Å². The van der Waals surface area contributed by atoms with Crippen molar-refractivity contribution in [3.8, 4) is 0 Å². The molecule has 1 aromatic carbocycles. The second-order valence-electron chi connectivity index (χ2n) is 4.60. The lowest BCUT2D eigenvalue weighted by molar-refractivity contribution is -0.0800. The summed E-state index contributed by atoms with van der Waals surface area (Å²) in [6.07, 6.45) is 0.942. The smallest absolute Gasteiger partial charge is 0.256 e. The number of thioether (sulfide) groups is 1. The molecule has 4 heteroatoms. The third-order valence-electron chi connectivity index (χ3n) is 3.67. The Balaban J connectivity index is 2.19. The van der Waals surface area contributed by atoms with Crippen LogP contribution in [0.25, 0.3) is 0 Å². The van der Waals surface area contributed by atoms with Gasteiger partial charge in [-0.05, 0) is 25.2 Å². The monoisotopic (exact) mass is 249 g/mol. The van der Waals surface area contributed by atoms with Crippen LogP contribution in [0.4, 0.5) is 0 Å². The molecule has 90 valence electrons. The van der Waals surface area contributed by atoms with E-state index in [1.165, 1.54) is 0 Å². The highest BCUT2D eigenvalue weighted by Crippen LogP contribution is 2.45. The first-order valence-electron chi connectivity index (χ1n) is 5.91. The van der Waals surface area contributed by atoms with E-state index in [0.717, 1.165) is 17.7 Å². The second kappa shape index (κ2) is 3.75. The van der Waals surface area contributed by atoms with Crippen LogP contribution in [0.1, 0.15) is 29.3 Å². The third kappa shape index (κ3) is 1.37. The highest BCUT2D eigenvalue weighted by atomic mass is 32.2. The van der Waals surface area contributed by atoms with E-state index in [2.05, 4.69) is 0 Å². The SMILES string of the molecule is C[C@@H]1SCCCN2C(=O)c3ccccc3[C@@]12O. The summed E-state index contributed by atoms with van der Waals surface area (Å²) in [7, 11) is 0. The first-order chi connectivity index (χ1) is 8.15. The number of benzene rings is 1. The summed E-state index contributed by atoms with van der Waals surface area (Å²) in [5, 5.41) is 11.0. The summed E-state index contributed by atoms with van der Waals surface area (Å²) in [4.78, 5) is 13.9. The van der Waals surface area contributed by atoms with Crippen LogP contribution in [0.15, 0.2) is 24.3 Å². The Morgan fingerprint density at radius 3 is 3.06 bits per heavy atom. The number of fused-ring (bicyclic) bond motifs is 3. The van der Waals surface area contributed by atoms with Crippen LogP contribution in [0.3, 0.4) is 0 Å². The summed E-state index contributed by atoms with van der Waals surface area (Å²) in [5.74, 6) is 0.965. The van der Waals surface area contributed by atoms with Gasteiger partial charge < -0.3 is 10.0 Å².